The normalized spacial score (nSPS) is 33.6. The highest BCUT2D eigenvalue weighted by molar-refractivity contribution is 4.96. The number of nitrogens with zero attached hydrogens (tertiary/aromatic N) is 1. The molecule has 2 aliphatic heterocycles. The molecule has 0 aromatic rings. The van der Waals surface area contributed by atoms with Gasteiger partial charge in [-0.15, -0.1) is 0 Å². The molecule has 3 unspecified atom stereocenters. The van der Waals surface area contributed by atoms with Crippen molar-refractivity contribution < 1.29 is 0 Å². The summed E-state index contributed by atoms with van der Waals surface area (Å²) in [7, 11) is 2.14. The summed E-state index contributed by atoms with van der Waals surface area (Å²) in [4.78, 5) is 2.90. The van der Waals surface area contributed by atoms with E-state index in [1.54, 1.807) is 0 Å². The molecule has 2 bridgehead atoms. The maximum atomic E-state index is 3.52. The van der Waals surface area contributed by atoms with E-state index in [2.05, 4.69) is 38.0 Å². The van der Waals surface area contributed by atoms with Crippen molar-refractivity contribution in [3.8, 4) is 0 Å². The van der Waals surface area contributed by atoms with Gasteiger partial charge in [0, 0.05) is 24.2 Å². The zero-order valence-electron chi connectivity index (χ0n) is 13.5. The molecule has 2 heterocycles. The second kappa shape index (κ2) is 7.08. The molecule has 1 N–H and O–H groups in total. The molecule has 0 amide bonds. The van der Waals surface area contributed by atoms with E-state index in [4.69, 9.17) is 0 Å². The van der Waals surface area contributed by atoms with Crippen LogP contribution in [0.3, 0.4) is 0 Å². The van der Waals surface area contributed by atoms with Crippen LogP contribution in [0.2, 0.25) is 0 Å². The number of hydrogen-bond acceptors (Lipinski definition) is 2. The quantitative estimate of drug-likeness (QED) is 0.786. The standard InChI is InChI=1S/C17H34N2/c1-13(2)7-5-8-14(3)19-16-9-6-10-17(19)12-15(11-16)18-4/h13-18H,5-12H2,1-4H3. The van der Waals surface area contributed by atoms with E-state index >= 15 is 0 Å². The molecule has 0 aliphatic carbocycles. The Morgan fingerprint density at radius 2 is 1.68 bits per heavy atom. The lowest BCUT2D eigenvalue weighted by Gasteiger charge is -2.51. The van der Waals surface area contributed by atoms with Gasteiger partial charge in [-0.05, 0) is 52.0 Å². The molecule has 2 aliphatic rings. The molecule has 2 nitrogen and oxygen atoms in total. The fourth-order valence-electron chi connectivity index (χ4n) is 4.34. The summed E-state index contributed by atoms with van der Waals surface area (Å²) >= 11 is 0. The number of hydrogen-bond donors (Lipinski definition) is 1. The highest BCUT2D eigenvalue weighted by atomic mass is 15.2. The van der Waals surface area contributed by atoms with Gasteiger partial charge in [0.05, 0.1) is 0 Å². The Bertz CT molecular complexity index is 250. The average Bonchev–Trinajstić information content (AvgIpc) is 2.36. The lowest BCUT2D eigenvalue weighted by atomic mass is 9.80. The minimum Gasteiger partial charge on any atom is -0.317 e. The van der Waals surface area contributed by atoms with Crippen LogP contribution in [0.25, 0.3) is 0 Å². The van der Waals surface area contributed by atoms with E-state index in [1.807, 2.05) is 0 Å². The van der Waals surface area contributed by atoms with Crippen molar-refractivity contribution >= 4 is 0 Å². The van der Waals surface area contributed by atoms with Crippen molar-refractivity contribution in [2.45, 2.75) is 96.3 Å². The van der Waals surface area contributed by atoms with Crippen molar-refractivity contribution in [1.29, 1.82) is 0 Å². The third-order valence-corrected chi connectivity index (χ3v) is 5.35. The SMILES string of the molecule is CNC1CC2CCCC(C1)N2C(C)CCCC(C)C. The van der Waals surface area contributed by atoms with Gasteiger partial charge in [-0.25, -0.2) is 0 Å². The number of fused-ring (bicyclic) bond motifs is 2. The summed E-state index contributed by atoms with van der Waals surface area (Å²) in [5, 5.41) is 3.52. The molecule has 112 valence electrons. The van der Waals surface area contributed by atoms with E-state index in [1.165, 1.54) is 51.4 Å². The summed E-state index contributed by atoms with van der Waals surface area (Å²) in [5.41, 5.74) is 0. The third-order valence-electron chi connectivity index (χ3n) is 5.35. The molecule has 3 atom stereocenters. The molecule has 2 heteroatoms. The van der Waals surface area contributed by atoms with Gasteiger partial charge in [-0.2, -0.15) is 0 Å². The average molecular weight is 266 g/mol. The lowest BCUT2D eigenvalue weighted by molar-refractivity contribution is -0.00748. The molecule has 0 radical (unpaired) electrons. The monoisotopic (exact) mass is 266 g/mol. The summed E-state index contributed by atoms with van der Waals surface area (Å²) in [6.07, 6.45) is 11.3. The van der Waals surface area contributed by atoms with E-state index < -0.39 is 0 Å². The van der Waals surface area contributed by atoms with Crippen molar-refractivity contribution in [3.05, 3.63) is 0 Å². The first kappa shape index (κ1) is 15.3. The molecule has 2 rings (SSSR count). The molecule has 0 aromatic heterocycles. The first-order chi connectivity index (χ1) is 9.11. The van der Waals surface area contributed by atoms with E-state index in [0.717, 1.165) is 30.1 Å². The number of piperidine rings is 2. The molecular formula is C17H34N2. The smallest absolute Gasteiger partial charge is 0.0116 e. The first-order valence-electron chi connectivity index (χ1n) is 8.56. The zero-order chi connectivity index (χ0) is 13.8. The van der Waals surface area contributed by atoms with Gasteiger partial charge in [0.25, 0.3) is 0 Å². The summed E-state index contributed by atoms with van der Waals surface area (Å²) in [6.45, 7) is 7.17. The maximum Gasteiger partial charge on any atom is 0.0116 e. The van der Waals surface area contributed by atoms with Gasteiger partial charge in [0.1, 0.15) is 0 Å². The van der Waals surface area contributed by atoms with Crippen molar-refractivity contribution in [2.75, 3.05) is 7.05 Å². The van der Waals surface area contributed by atoms with Crippen LogP contribution in [-0.4, -0.2) is 36.1 Å². The van der Waals surface area contributed by atoms with Crippen LogP contribution < -0.4 is 5.32 Å². The van der Waals surface area contributed by atoms with Crippen LogP contribution in [0.4, 0.5) is 0 Å². The Labute approximate surface area is 120 Å². The topological polar surface area (TPSA) is 15.3 Å². The van der Waals surface area contributed by atoms with Crippen LogP contribution >= 0.6 is 0 Å². The fourth-order valence-corrected chi connectivity index (χ4v) is 4.34. The Morgan fingerprint density at radius 1 is 1.05 bits per heavy atom. The zero-order valence-corrected chi connectivity index (χ0v) is 13.5. The van der Waals surface area contributed by atoms with Gasteiger partial charge < -0.3 is 5.32 Å². The fraction of sp³-hybridized carbons (Fsp3) is 1.00. The number of rotatable bonds is 6. The molecule has 2 saturated heterocycles. The van der Waals surface area contributed by atoms with Crippen LogP contribution in [0.15, 0.2) is 0 Å². The Hall–Kier alpha value is -0.0800. The summed E-state index contributed by atoms with van der Waals surface area (Å²) in [6, 6.07) is 3.29. The van der Waals surface area contributed by atoms with Gasteiger partial charge >= 0.3 is 0 Å². The molecule has 2 fully saturated rings. The van der Waals surface area contributed by atoms with Crippen LogP contribution in [0.1, 0.15) is 72.1 Å². The van der Waals surface area contributed by atoms with Crippen LogP contribution in [0, 0.1) is 5.92 Å². The van der Waals surface area contributed by atoms with Gasteiger partial charge in [0.2, 0.25) is 0 Å². The minimum absolute atomic E-state index is 0.773. The third kappa shape index (κ3) is 3.95. The highest BCUT2D eigenvalue weighted by Gasteiger charge is 2.39. The van der Waals surface area contributed by atoms with E-state index in [-0.39, 0.29) is 0 Å². The maximum absolute atomic E-state index is 3.52. The highest BCUT2D eigenvalue weighted by Crippen LogP contribution is 2.36. The van der Waals surface area contributed by atoms with Crippen molar-refractivity contribution in [3.63, 3.8) is 0 Å². The molecular weight excluding hydrogens is 232 g/mol. The lowest BCUT2D eigenvalue weighted by Crippen LogP contribution is -2.58. The Kier molecular flexibility index (Phi) is 5.70. The van der Waals surface area contributed by atoms with Crippen molar-refractivity contribution in [2.24, 2.45) is 5.92 Å². The van der Waals surface area contributed by atoms with Gasteiger partial charge in [-0.3, -0.25) is 4.90 Å². The summed E-state index contributed by atoms with van der Waals surface area (Å²) in [5.74, 6) is 0.863. The molecule has 0 spiro atoms. The Balaban J connectivity index is 1.88. The van der Waals surface area contributed by atoms with Gasteiger partial charge in [-0.1, -0.05) is 33.1 Å². The predicted molar refractivity (Wildman–Crippen MR) is 83.5 cm³/mol. The first-order valence-corrected chi connectivity index (χ1v) is 8.56. The van der Waals surface area contributed by atoms with Crippen molar-refractivity contribution in [1.82, 2.24) is 10.2 Å². The number of nitrogens with one attached hydrogen (secondary N) is 1. The van der Waals surface area contributed by atoms with E-state index in [9.17, 15) is 0 Å². The molecule has 0 saturated carbocycles. The van der Waals surface area contributed by atoms with Crippen LogP contribution in [-0.2, 0) is 0 Å². The Morgan fingerprint density at radius 3 is 2.21 bits per heavy atom. The summed E-state index contributed by atoms with van der Waals surface area (Å²) < 4.78 is 0. The second-order valence-corrected chi connectivity index (χ2v) is 7.32. The molecule has 19 heavy (non-hydrogen) atoms. The molecule has 0 aromatic carbocycles. The van der Waals surface area contributed by atoms with Gasteiger partial charge in [0.15, 0.2) is 0 Å². The van der Waals surface area contributed by atoms with E-state index in [0.29, 0.717) is 0 Å². The minimum atomic E-state index is 0.773. The van der Waals surface area contributed by atoms with Crippen LogP contribution in [0.5, 0.6) is 0 Å². The second-order valence-electron chi connectivity index (χ2n) is 7.32. The largest absolute Gasteiger partial charge is 0.317 e. The predicted octanol–water partition coefficient (Wildman–Crippen LogP) is 3.81.